The smallest absolute Gasteiger partial charge is 0.315 e. The van der Waals surface area contributed by atoms with Crippen LogP contribution in [0, 0.1) is 11.3 Å². The number of ether oxygens (including phenoxy) is 1. The number of nitrogens with zero attached hydrogens (tertiary/aromatic N) is 1. The van der Waals surface area contributed by atoms with Crippen molar-refractivity contribution >= 4 is 6.03 Å². The number of nitrogens with one attached hydrogen (secondary N) is 2. The van der Waals surface area contributed by atoms with Crippen molar-refractivity contribution in [1.82, 2.24) is 15.5 Å². The van der Waals surface area contributed by atoms with E-state index in [1.54, 1.807) is 7.11 Å². The SMILES string of the molecule is COCCC1(CNC(=O)N[C@H]2CCN(CC3CC3)C2)CCC1. The molecule has 2 saturated carbocycles. The highest BCUT2D eigenvalue weighted by Gasteiger charge is 2.37. The van der Waals surface area contributed by atoms with Crippen molar-refractivity contribution in [2.75, 3.05) is 39.9 Å². The highest BCUT2D eigenvalue weighted by atomic mass is 16.5. The van der Waals surface area contributed by atoms with E-state index in [-0.39, 0.29) is 6.03 Å². The molecule has 22 heavy (non-hydrogen) atoms. The first-order valence-corrected chi connectivity index (χ1v) is 8.95. The summed E-state index contributed by atoms with van der Waals surface area (Å²) in [6, 6.07) is 0.344. The van der Waals surface area contributed by atoms with E-state index >= 15 is 0 Å². The fourth-order valence-electron chi connectivity index (χ4n) is 3.80. The van der Waals surface area contributed by atoms with Crippen molar-refractivity contribution in [1.29, 1.82) is 0 Å². The molecule has 0 aromatic heterocycles. The Kier molecular flexibility index (Phi) is 5.24. The summed E-state index contributed by atoms with van der Waals surface area (Å²) in [6.07, 6.45) is 8.67. The monoisotopic (exact) mass is 309 g/mol. The summed E-state index contributed by atoms with van der Waals surface area (Å²) in [6.45, 7) is 4.99. The minimum Gasteiger partial charge on any atom is -0.385 e. The molecule has 0 bridgehead atoms. The van der Waals surface area contributed by atoms with E-state index in [0.29, 0.717) is 11.5 Å². The molecule has 5 nitrogen and oxygen atoms in total. The van der Waals surface area contributed by atoms with E-state index in [9.17, 15) is 4.79 Å². The van der Waals surface area contributed by atoms with Crippen LogP contribution in [0.5, 0.6) is 0 Å². The third kappa shape index (κ3) is 4.35. The summed E-state index contributed by atoms with van der Waals surface area (Å²) >= 11 is 0. The molecule has 2 aliphatic carbocycles. The molecule has 0 radical (unpaired) electrons. The lowest BCUT2D eigenvalue weighted by Gasteiger charge is -2.42. The van der Waals surface area contributed by atoms with Crippen molar-refractivity contribution in [3.63, 3.8) is 0 Å². The van der Waals surface area contributed by atoms with Gasteiger partial charge in [-0.2, -0.15) is 0 Å². The molecule has 0 aromatic carbocycles. The molecule has 1 heterocycles. The number of hydrogen-bond acceptors (Lipinski definition) is 3. The van der Waals surface area contributed by atoms with Crippen LogP contribution >= 0.6 is 0 Å². The molecule has 0 spiro atoms. The van der Waals surface area contributed by atoms with Crippen LogP contribution in [-0.4, -0.2) is 56.9 Å². The predicted molar refractivity (Wildman–Crippen MR) is 86.9 cm³/mol. The predicted octanol–water partition coefficient (Wildman–Crippen LogP) is 1.98. The third-order valence-corrected chi connectivity index (χ3v) is 5.70. The number of amides is 2. The first-order chi connectivity index (χ1) is 10.7. The Morgan fingerprint density at radius 3 is 2.77 bits per heavy atom. The van der Waals surface area contributed by atoms with Crippen LogP contribution in [-0.2, 0) is 4.74 Å². The molecule has 0 aromatic rings. The molecule has 2 N–H and O–H groups in total. The number of carbonyl (C=O) groups is 1. The van der Waals surface area contributed by atoms with Gasteiger partial charge in [0.05, 0.1) is 0 Å². The number of hydrogen-bond donors (Lipinski definition) is 2. The van der Waals surface area contributed by atoms with E-state index in [1.165, 1.54) is 38.6 Å². The van der Waals surface area contributed by atoms with Crippen molar-refractivity contribution in [3.8, 4) is 0 Å². The van der Waals surface area contributed by atoms with Gasteiger partial charge in [-0.05, 0) is 49.9 Å². The van der Waals surface area contributed by atoms with E-state index < -0.39 is 0 Å². The molecule has 3 rings (SSSR count). The van der Waals surface area contributed by atoms with Gasteiger partial charge in [0, 0.05) is 45.9 Å². The van der Waals surface area contributed by atoms with Gasteiger partial charge < -0.3 is 20.3 Å². The molecule has 2 amide bonds. The summed E-state index contributed by atoms with van der Waals surface area (Å²) < 4.78 is 5.20. The van der Waals surface area contributed by atoms with Gasteiger partial charge in [-0.15, -0.1) is 0 Å². The summed E-state index contributed by atoms with van der Waals surface area (Å²) in [5, 5.41) is 6.26. The first-order valence-electron chi connectivity index (χ1n) is 8.95. The topological polar surface area (TPSA) is 53.6 Å². The van der Waals surface area contributed by atoms with Crippen LogP contribution in [0.3, 0.4) is 0 Å². The van der Waals surface area contributed by atoms with Crippen LogP contribution in [0.2, 0.25) is 0 Å². The largest absolute Gasteiger partial charge is 0.385 e. The van der Waals surface area contributed by atoms with E-state index in [2.05, 4.69) is 15.5 Å². The Morgan fingerprint density at radius 1 is 1.32 bits per heavy atom. The minimum absolute atomic E-state index is 0.0157. The van der Waals surface area contributed by atoms with Gasteiger partial charge >= 0.3 is 6.03 Å². The summed E-state index contributed by atoms with van der Waals surface area (Å²) in [5.41, 5.74) is 0.293. The zero-order chi connectivity index (χ0) is 15.4. The van der Waals surface area contributed by atoms with Gasteiger partial charge in [-0.1, -0.05) is 6.42 Å². The average molecular weight is 309 g/mol. The van der Waals surface area contributed by atoms with Crippen LogP contribution < -0.4 is 10.6 Å². The molecule has 1 saturated heterocycles. The molecule has 0 unspecified atom stereocenters. The van der Waals surface area contributed by atoms with Crippen molar-refractivity contribution in [3.05, 3.63) is 0 Å². The lowest BCUT2D eigenvalue weighted by molar-refractivity contribution is 0.0711. The zero-order valence-corrected chi connectivity index (χ0v) is 13.9. The highest BCUT2D eigenvalue weighted by molar-refractivity contribution is 5.74. The molecular formula is C17H31N3O2. The van der Waals surface area contributed by atoms with Gasteiger partial charge in [-0.25, -0.2) is 4.79 Å². The van der Waals surface area contributed by atoms with Crippen LogP contribution in [0.4, 0.5) is 4.79 Å². The maximum absolute atomic E-state index is 12.1. The summed E-state index contributed by atoms with van der Waals surface area (Å²) in [5.74, 6) is 0.937. The summed E-state index contributed by atoms with van der Waals surface area (Å²) in [7, 11) is 1.75. The lowest BCUT2D eigenvalue weighted by Crippen LogP contribution is -2.49. The maximum Gasteiger partial charge on any atom is 0.315 e. The molecule has 126 valence electrons. The lowest BCUT2D eigenvalue weighted by atomic mass is 9.67. The Bertz CT molecular complexity index is 380. The first kappa shape index (κ1) is 16.1. The fourth-order valence-corrected chi connectivity index (χ4v) is 3.80. The number of methoxy groups -OCH3 is 1. The molecular weight excluding hydrogens is 278 g/mol. The van der Waals surface area contributed by atoms with Gasteiger partial charge in [0.25, 0.3) is 0 Å². The normalized spacial score (nSPS) is 27.4. The minimum atomic E-state index is 0.0157. The van der Waals surface area contributed by atoms with Crippen molar-refractivity contribution < 1.29 is 9.53 Å². The molecule has 1 atom stereocenters. The van der Waals surface area contributed by atoms with Crippen molar-refractivity contribution in [2.45, 2.75) is 51.0 Å². The Morgan fingerprint density at radius 2 is 2.14 bits per heavy atom. The molecule has 1 aliphatic heterocycles. The van der Waals surface area contributed by atoms with E-state index in [1.807, 2.05) is 0 Å². The third-order valence-electron chi connectivity index (χ3n) is 5.70. The highest BCUT2D eigenvalue weighted by Crippen LogP contribution is 2.43. The second-order valence-electron chi connectivity index (χ2n) is 7.61. The van der Waals surface area contributed by atoms with Gasteiger partial charge in [0.15, 0.2) is 0 Å². The van der Waals surface area contributed by atoms with Gasteiger partial charge in [0.2, 0.25) is 0 Å². The number of likely N-dealkylation sites (tertiary alicyclic amines) is 1. The summed E-state index contributed by atoms with van der Waals surface area (Å²) in [4.78, 5) is 14.6. The number of urea groups is 1. The second-order valence-corrected chi connectivity index (χ2v) is 7.61. The Balaban J connectivity index is 1.33. The number of carbonyl (C=O) groups excluding carboxylic acids is 1. The van der Waals surface area contributed by atoms with Crippen LogP contribution in [0.15, 0.2) is 0 Å². The fraction of sp³-hybridized carbons (Fsp3) is 0.941. The zero-order valence-electron chi connectivity index (χ0n) is 13.9. The maximum atomic E-state index is 12.1. The van der Waals surface area contributed by atoms with Gasteiger partial charge in [-0.3, -0.25) is 0 Å². The van der Waals surface area contributed by atoms with Crippen LogP contribution in [0.25, 0.3) is 0 Å². The standard InChI is InChI=1S/C17H31N3O2/c1-22-10-8-17(6-2-7-17)13-18-16(21)19-15-5-9-20(12-15)11-14-3-4-14/h14-15H,2-13H2,1H3,(H2,18,19,21)/t15-/m0/s1. The quantitative estimate of drug-likeness (QED) is 0.721. The van der Waals surface area contributed by atoms with E-state index in [0.717, 1.165) is 45.0 Å². The number of rotatable bonds is 8. The molecule has 5 heteroatoms. The average Bonchev–Trinajstić information content (AvgIpc) is 3.16. The Hall–Kier alpha value is -0.810. The van der Waals surface area contributed by atoms with E-state index in [4.69, 9.17) is 4.74 Å². The molecule has 3 fully saturated rings. The van der Waals surface area contributed by atoms with Crippen LogP contribution in [0.1, 0.15) is 44.9 Å². The Labute approximate surface area is 134 Å². The molecule has 3 aliphatic rings. The van der Waals surface area contributed by atoms with Gasteiger partial charge in [0.1, 0.15) is 0 Å². The second kappa shape index (κ2) is 7.18. The van der Waals surface area contributed by atoms with Crippen molar-refractivity contribution in [2.24, 2.45) is 11.3 Å².